The molecule has 0 fully saturated rings. The van der Waals surface area contributed by atoms with E-state index in [2.05, 4.69) is 14.4 Å². The molecular weight excluding hydrogens is 536 g/mol. The van der Waals surface area contributed by atoms with Gasteiger partial charge in [-0.15, -0.1) is 11.3 Å². The Labute approximate surface area is 209 Å². The van der Waals surface area contributed by atoms with Gasteiger partial charge in [0.2, 0.25) is 0 Å². The quantitative estimate of drug-likeness (QED) is 0.232. The minimum absolute atomic E-state index is 0.00173. The van der Waals surface area contributed by atoms with Crippen molar-refractivity contribution in [3.05, 3.63) is 93.3 Å². The third kappa shape index (κ3) is 5.59. The summed E-state index contributed by atoms with van der Waals surface area (Å²) in [6, 6.07) is 16.8. The highest BCUT2D eigenvalue weighted by Crippen LogP contribution is 2.33. The van der Waals surface area contributed by atoms with E-state index in [4.69, 9.17) is 11.6 Å². The van der Waals surface area contributed by atoms with Gasteiger partial charge >= 0.3 is 0 Å². The Hall–Kier alpha value is -3.52. The first kappa shape index (κ1) is 24.6. The van der Waals surface area contributed by atoms with Crippen LogP contribution < -0.4 is 9.44 Å². The van der Waals surface area contributed by atoms with E-state index in [9.17, 15) is 26.9 Å². The van der Waals surface area contributed by atoms with Crippen molar-refractivity contribution in [1.29, 1.82) is 0 Å². The van der Waals surface area contributed by atoms with Crippen LogP contribution in [0.4, 0.5) is 16.5 Å². The lowest BCUT2D eigenvalue weighted by Crippen LogP contribution is -2.14. The number of thiazole rings is 1. The number of nitrogens with one attached hydrogen (secondary N) is 2. The van der Waals surface area contributed by atoms with E-state index in [-0.39, 0.29) is 26.3 Å². The number of rotatable bonds is 8. The lowest BCUT2D eigenvalue weighted by atomic mass is 10.1. The summed E-state index contributed by atoms with van der Waals surface area (Å²) in [6.45, 7) is 0. The molecule has 0 unspecified atom stereocenters. The minimum Gasteiger partial charge on any atom is -0.279 e. The van der Waals surface area contributed by atoms with Gasteiger partial charge in [0.05, 0.1) is 26.1 Å². The van der Waals surface area contributed by atoms with Crippen LogP contribution in [0.5, 0.6) is 0 Å². The average Bonchev–Trinajstić information content (AvgIpc) is 3.27. The fourth-order valence-electron chi connectivity index (χ4n) is 3.00. The third-order valence-corrected chi connectivity index (χ3v) is 8.49. The number of nitrogens with zero attached hydrogens (tertiary/aromatic N) is 2. The molecule has 0 amide bonds. The number of anilines is 2. The highest BCUT2D eigenvalue weighted by Gasteiger charge is 2.21. The first-order valence-electron chi connectivity index (χ1n) is 9.66. The summed E-state index contributed by atoms with van der Waals surface area (Å²) < 4.78 is 55.8. The van der Waals surface area contributed by atoms with Crippen LogP contribution in [0.1, 0.15) is 0 Å². The molecule has 35 heavy (non-hydrogen) atoms. The molecule has 14 heteroatoms. The topological polar surface area (TPSA) is 148 Å². The molecule has 2 N–H and O–H groups in total. The van der Waals surface area contributed by atoms with E-state index in [1.165, 1.54) is 42.5 Å². The molecule has 0 aliphatic carbocycles. The van der Waals surface area contributed by atoms with Gasteiger partial charge in [0.1, 0.15) is 0 Å². The van der Waals surface area contributed by atoms with Gasteiger partial charge in [0.25, 0.3) is 25.7 Å². The van der Waals surface area contributed by atoms with Crippen LogP contribution in [0.3, 0.4) is 0 Å². The molecule has 4 aromatic rings. The molecule has 4 rings (SSSR count). The summed E-state index contributed by atoms with van der Waals surface area (Å²) in [5.74, 6) is 0. The predicted octanol–water partition coefficient (Wildman–Crippen LogP) is 4.97. The van der Waals surface area contributed by atoms with Crippen molar-refractivity contribution in [1.82, 2.24) is 4.98 Å². The fourth-order valence-corrected chi connectivity index (χ4v) is 6.20. The van der Waals surface area contributed by atoms with Crippen molar-refractivity contribution in [3.8, 4) is 11.3 Å². The zero-order chi connectivity index (χ0) is 25.2. The molecule has 0 spiro atoms. The SMILES string of the molecule is O=[N+]([O-])c1cccc(S(=O)(=O)Nc2nc(-c3ccccc3NS(=O)(=O)c3ccc(Cl)cc3)cs2)c1. The van der Waals surface area contributed by atoms with Crippen LogP contribution >= 0.6 is 22.9 Å². The molecule has 0 bridgehead atoms. The second kappa shape index (κ2) is 9.62. The maximum absolute atomic E-state index is 12.8. The van der Waals surface area contributed by atoms with Crippen LogP contribution in [-0.2, 0) is 20.0 Å². The van der Waals surface area contributed by atoms with Gasteiger partial charge < -0.3 is 0 Å². The number of nitro benzene ring substituents is 1. The number of halogens is 1. The minimum atomic E-state index is -4.15. The van der Waals surface area contributed by atoms with E-state index in [0.29, 0.717) is 16.3 Å². The van der Waals surface area contributed by atoms with Crippen molar-refractivity contribution in [2.75, 3.05) is 9.44 Å². The molecule has 1 aromatic heterocycles. The van der Waals surface area contributed by atoms with Crippen molar-refractivity contribution >= 4 is 59.5 Å². The second-order valence-corrected chi connectivity index (χ2v) is 11.7. The lowest BCUT2D eigenvalue weighted by Gasteiger charge is -2.11. The van der Waals surface area contributed by atoms with Crippen molar-refractivity contribution in [2.24, 2.45) is 0 Å². The smallest absolute Gasteiger partial charge is 0.270 e. The lowest BCUT2D eigenvalue weighted by molar-refractivity contribution is -0.385. The van der Waals surface area contributed by atoms with Gasteiger partial charge in [-0.3, -0.25) is 19.6 Å². The summed E-state index contributed by atoms with van der Waals surface area (Å²) in [5.41, 5.74) is 0.610. The number of para-hydroxylation sites is 1. The van der Waals surface area contributed by atoms with E-state index >= 15 is 0 Å². The Kier molecular flexibility index (Phi) is 6.76. The summed E-state index contributed by atoms with van der Waals surface area (Å²) >= 11 is 6.81. The van der Waals surface area contributed by atoms with E-state index in [0.717, 1.165) is 17.4 Å². The van der Waals surface area contributed by atoms with Crippen LogP contribution in [0.25, 0.3) is 11.3 Å². The normalized spacial score (nSPS) is 11.7. The van der Waals surface area contributed by atoms with E-state index in [1.54, 1.807) is 29.6 Å². The maximum atomic E-state index is 12.8. The Morgan fingerprint density at radius 3 is 2.26 bits per heavy atom. The highest BCUT2D eigenvalue weighted by molar-refractivity contribution is 7.93. The zero-order valence-electron chi connectivity index (χ0n) is 17.5. The van der Waals surface area contributed by atoms with Gasteiger partial charge in [-0.25, -0.2) is 21.8 Å². The molecule has 0 radical (unpaired) electrons. The predicted molar refractivity (Wildman–Crippen MR) is 134 cm³/mol. The monoisotopic (exact) mass is 550 g/mol. The highest BCUT2D eigenvalue weighted by atomic mass is 35.5. The first-order chi connectivity index (χ1) is 16.5. The van der Waals surface area contributed by atoms with Crippen LogP contribution in [-0.4, -0.2) is 26.7 Å². The van der Waals surface area contributed by atoms with Crippen molar-refractivity contribution in [2.45, 2.75) is 9.79 Å². The van der Waals surface area contributed by atoms with E-state index < -0.39 is 25.0 Å². The molecule has 180 valence electrons. The second-order valence-electron chi connectivity index (χ2n) is 7.00. The first-order valence-corrected chi connectivity index (χ1v) is 13.9. The standard InChI is InChI=1S/C21H15ClN4O6S3/c22-14-8-10-16(11-9-14)34(29,30)24-19-7-2-1-6-18(19)20-13-33-21(23-20)25-35(31,32)17-5-3-4-15(12-17)26(27)28/h1-13,24H,(H,23,25). The number of nitro groups is 1. The van der Waals surface area contributed by atoms with Crippen LogP contribution in [0.2, 0.25) is 5.02 Å². The van der Waals surface area contributed by atoms with Crippen LogP contribution in [0.15, 0.2) is 88.0 Å². The average molecular weight is 551 g/mol. The molecule has 0 saturated heterocycles. The number of sulfonamides is 2. The third-order valence-electron chi connectivity index (χ3n) is 4.64. The molecule has 0 saturated carbocycles. The Morgan fingerprint density at radius 1 is 0.857 bits per heavy atom. The molecule has 1 heterocycles. The Morgan fingerprint density at radius 2 is 1.54 bits per heavy atom. The van der Waals surface area contributed by atoms with Crippen molar-refractivity contribution < 1.29 is 21.8 Å². The maximum Gasteiger partial charge on any atom is 0.270 e. The van der Waals surface area contributed by atoms with Crippen LogP contribution in [0, 0.1) is 10.1 Å². The zero-order valence-corrected chi connectivity index (χ0v) is 20.7. The van der Waals surface area contributed by atoms with E-state index in [1.807, 2.05) is 0 Å². The largest absolute Gasteiger partial charge is 0.279 e. The van der Waals surface area contributed by atoms with Gasteiger partial charge in [-0.05, 0) is 36.4 Å². The molecule has 0 aliphatic heterocycles. The number of benzene rings is 3. The van der Waals surface area contributed by atoms with Gasteiger partial charge in [0, 0.05) is 28.1 Å². The molecular formula is C21H15ClN4O6S3. The Balaban J connectivity index is 1.60. The molecule has 0 aliphatic rings. The van der Waals surface area contributed by atoms with Gasteiger partial charge in [-0.1, -0.05) is 35.9 Å². The molecule has 10 nitrogen and oxygen atoms in total. The van der Waals surface area contributed by atoms with Crippen molar-refractivity contribution in [3.63, 3.8) is 0 Å². The number of hydrogen-bond acceptors (Lipinski definition) is 8. The fraction of sp³-hybridized carbons (Fsp3) is 0. The van der Waals surface area contributed by atoms with Gasteiger partial charge in [0.15, 0.2) is 5.13 Å². The summed E-state index contributed by atoms with van der Waals surface area (Å²) in [5, 5.41) is 12.9. The number of aromatic nitrogens is 1. The summed E-state index contributed by atoms with van der Waals surface area (Å²) in [4.78, 5) is 14.3. The van der Waals surface area contributed by atoms with Gasteiger partial charge in [-0.2, -0.15) is 0 Å². The summed E-state index contributed by atoms with van der Waals surface area (Å²) in [6.07, 6.45) is 0. The summed E-state index contributed by atoms with van der Waals surface area (Å²) in [7, 11) is -8.07. The molecule has 0 atom stereocenters. The number of non-ortho nitro benzene ring substituents is 1. The number of hydrogen-bond donors (Lipinski definition) is 2. The molecule has 3 aromatic carbocycles. The Bertz CT molecular complexity index is 1620.